The van der Waals surface area contributed by atoms with Crippen LogP contribution in [0.1, 0.15) is 16.5 Å². The van der Waals surface area contributed by atoms with E-state index in [-0.39, 0.29) is 17.0 Å². The molecule has 2 aromatic carbocycles. The van der Waals surface area contributed by atoms with Gasteiger partial charge >= 0.3 is 6.18 Å². The third-order valence-corrected chi connectivity index (χ3v) is 4.94. The van der Waals surface area contributed by atoms with Crippen molar-refractivity contribution < 1.29 is 22.7 Å². The second kappa shape index (κ2) is 6.39. The van der Waals surface area contributed by atoms with Crippen molar-refractivity contribution in [2.75, 3.05) is 17.8 Å². The Morgan fingerprint density at radius 2 is 1.79 bits per heavy atom. The van der Waals surface area contributed by atoms with Crippen LogP contribution < -0.4 is 9.64 Å². The van der Waals surface area contributed by atoms with E-state index in [0.717, 1.165) is 17.7 Å². The first kappa shape index (κ1) is 16.7. The molecule has 1 aliphatic rings. The molecular weight excluding hydrogens is 339 g/mol. The second-order valence-electron chi connectivity index (χ2n) is 5.21. The summed E-state index contributed by atoms with van der Waals surface area (Å²) in [6.07, 6.45) is -4.40. The van der Waals surface area contributed by atoms with Crippen LogP contribution in [0.2, 0.25) is 0 Å². The first-order chi connectivity index (χ1) is 11.4. The zero-order valence-corrected chi connectivity index (χ0v) is 13.5. The van der Waals surface area contributed by atoms with E-state index in [1.165, 1.54) is 28.8 Å². The van der Waals surface area contributed by atoms with Crippen molar-refractivity contribution >= 4 is 23.4 Å². The van der Waals surface area contributed by atoms with E-state index >= 15 is 0 Å². The quantitative estimate of drug-likeness (QED) is 0.814. The topological polar surface area (TPSA) is 29.5 Å². The maximum absolute atomic E-state index is 12.7. The van der Waals surface area contributed by atoms with Crippen LogP contribution in [0, 0.1) is 0 Å². The van der Waals surface area contributed by atoms with E-state index in [4.69, 9.17) is 4.74 Å². The molecule has 0 spiro atoms. The van der Waals surface area contributed by atoms with E-state index in [2.05, 4.69) is 0 Å². The number of ether oxygens (including phenoxy) is 1. The molecule has 7 heteroatoms. The molecule has 0 aromatic heterocycles. The lowest BCUT2D eigenvalue weighted by Crippen LogP contribution is -2.28. The van der Waals surface area contributed by atoms with Crippen LogP contribution >= 0.6 is 11.8 Å². The first-order valence-electron chi connectivity index (χ1n) is 7.15. The van der Waals surface area contributed by atoms with Crippen LogP contribution in [0.4, 0.5) is 18.9 Å². The van der Waals surface area contributed by atoms with Crippen molar-refractivity contribution in [2.45, 2.75) is 11.6 Å². The van der Waals surface area contributed by atoms with E-state index in [9.17, 15) is 18.0 Å². The first-order valence-corrected chi connectivity index (χ1v) is 8.20. The lowest BCUT2D eigenvalue weighted by atomic mass is 10.1. The molecule has 1 heterocycles. The number of thioether (sulfide) groups is 1. The van der Waals surface area contributed by atoms with Crippen LogP contribution in [-0.2, 0) is 11.0 Å². The molecule has 1 saturated heterocycles. The largest absolute Gasteiger partial charge is 0.496 e. The van der Waals surface area contributed by atoms with E-state index in [1.807, 2.05) is 18.2 Å². The number of benzene rings is 2. The Bertz CT molecular complexity index is 746. The van der Waals surface area contributed by atoms with Gasteiger partial charge in [0.25, 0.3) is 0 Å². The van der Waals surface area contributed by atoms with Gasteiger partial charge in [-0.25, -0.2) is 0 Å². The predicted molar refractivity (Wildman–Crippen MR) is 87.1 cm³/mol. The SMILES string of the molecule is COc1ccccc1[C@@H]1SCC(=O)N1c1ccc(C(F)(F)F)cc1. The lowest BCUT2D eigenvalue weighted by molar-refractivity contribution is -0.137. The number of carbonyl (C=O) groups excluding carboxylic acids is 1. The fourth-order valence-electron chi connectivity index (χ4n) is 2.61. The molecule has 24 heavy (non-hydrogen) atoms. The van der Waals surface area contributed by atoms with Crippen molar-refractivity contribution in [2.24, 2.45) is 0 Å². The molecule has 0 aliphatic carbocycles. The summed E-state index contributed by atoms with van der Waals surface area (Å²) in [4.78, 5) is 13.8. The molecule has 0 saturated carbocycles. The summed E-state index contributed by atoms with van der Waals surface area (Å²) >= 11 is 1.42. The smallest absolute Gasteiger partial charge is 0.416 e. The molecule has 0 radical (unpaired) electrons. The van der Waals surface area contributed by atoms with Gasteiger partial charge in [0.15, 0.2) is 0 Å². The number of rotatable bonds is 3. The van der Waals surface area contributed by atoms with Crippen LogP contribution in [-0.4, -0.2) is 18.8 Å². The third kappa shape index (κ3) is 3.08. The van der Waals surface area contributed by atoms with Crippen LogP contribution in [0.5, 0.6) is 5.75 Å². The minimum absolute atomic E-state index is 0.143. The standard InChI is InChI=1S/C17H14F3NO2S/c1-23-14-5-3-2-4-13(14)16-21(15(22)10-24-16)12-8-6-11(7-9-12)17(18,19)20/h2-9,16H,10H2,1H3/t16-/m0/s1. The van der Waals surface area contributed by atoms with Gasteiger partial charge in [-0.05, 0) is 30.3 Å². The number of amides is 1. The van der Waals surface area contributed by atoms with Crippen molar-refractivity contribution in [1.29, 1.82) is 0 Å². The summed E-state index contributed by atoms with van der Waals surface area (Å²) in [5, 5.41) is -0.328. The Kier molecular flexibility index (Phi) is 4.45. The van der Waals surface area contributed by atoms with Gasteiger partial charge in [0.1, 0.15) is 11.1 Å². The van der Waals surface area contributed by atoms with Crippen LogP contribution in [0.15, 0.2) is 48.5 Å². The molecule has 126 valence electrons. The molecular formula is C17H14F3NO2S. The monoisotopic (exact) mass is 353 g/mol. The van der Waals surface area contributed by atoms with Gasteiger partial charge in [-0.2, -0.15) is 13.2 Å². The van der Waals surface area contributed by atoms with Gasteiger partial charge in [0.2, 0.25) is 5.91 Å². The third-order valence-electron chi connectivity index (χ3n) is 3.75. The minimum atomic E-state index is -4.40. The fraction of sp³-hybridized carbons (Fsp3) is 0.235. The highest BCUT2D eigenvalue weighted by Gasteiger charge is 2.36. The van der Waals surface area contributed by atoms with Crippen molar-refractivity contribution in [3.05, 3.63) is 59.7 Å². The summed E-state index contributed by atoms with van der Waals surface area (Å²) in [6.45, 7) is 0. The molecule has 1 fully saturated rings. The second-order valence-corrected chi connectivity index (χ2v) is 6.28. The van der Waals surface area contributed by atoms with Gasteiger partial charge in [0.05, 0.1) is 18.4 Å². The Hall–Kier alpha value is -2.15. The molecule has 1 aliphatic heterocycles. The predicted octanol–water partition coefficient (Wildman–Crippen LogP) is 4.49. The Morgan fingerprint density at radius 3 is 2.42 bits per heavy atom. The Balaban J connectivity index is 1.97. The van der Waals surface area contributed by atoms with E-state index in [1.54, 1.807) is 13.2 Å². The van der Waals surface area contributed by atoms with E-state index < -0.39 is 11.7 Å². The van der Waals surface area contributed by atoms with Crippen molar-refractivity contribution in [3.63, 3.8) is 0 Å². The van der Waals surface area contributed by atoms with E-state index in [0.29, 0.717) is 11.4 Å². The molecule has 2 aromatic rings. The normalized spacial score (nSPS) is 18.1. The number of halogens is 3. The number of methoxy groups -OCH3 is 1. The summed E-state index contributed by atoms with van der Waals surface area (Å²) in [6, 6.07) is 12.0. The molecule has 3 nitrogen and oxygen atoms in total. The number of para-hydroxylation sites is 1. The number of hydrogen-bond donors (Lipinski definition) is 0. The van der Waals surface area contributed by atoms with Crippen molar-refractivity contribution in [1.82, 2.24) is 0 Å². The molecule has 3 rings (SSSR count). The maximum atomic E-state index is 12.7. The number of alkyl halides is 3. The summed E-state index contributed by atoms with van der Waals surface area (Å²) in [5.74, 6) is 0.765. The fourth-order valence-corrected chi connectivity index (χ4v) is 3.82. The summed E-state index contributed by atoms with van der Waals surface area (Å²) in [5.41, 5.74) is 0.518. The lowest BCUT2D eigenvalue weighted by Gasteiger charge is -2.25. The van der Waals surface area contributed by atoms with Crippen LogP contribution in [0.3, 0.4) is 0 Å². The van der Waals surface area contributed by atoms with Gasteiger partial charge in [-0.15, -0.1) is 11.8 Å². The molecule has 1 amide bonds. The Labute approximate surface area is 141 Å². The van der Waals surface area contributed by atoms with Gasteiger partial charge < -0.3 is 4.74 Å². The average molecular weight is 353 g/mol. The molecule has 0 N–H and O–H groups in total. The summed E-state index contributed by atoms with van der Waals surface area (Å²) in [7, 11) is 1.54. The maximum Gasteiger partial charge on any atom is 0.416 e. The molecule has 0 bridgehead atoms. The number of carbonyl (C=O) groups is 1. The van der Waals surface area contributed by atoms with Gasteiger partial charge in [-0.3, -0.25) is 9.69 Å². The average Bonchev–Trinajstić information content (AvgIpc) is 2.95. The van der Waals surface area contributed by atoms with Crippen molar-refractivity contribution in [3.8, 4) is 5.75 Å². The number of nitrogens with zero attached hydrogens (tertiary/aromatic N) is 1. The minimum Gasteiger partial charge on any atom is -0.496 e. The highest BCUT2D eigenvalue weighted by atomic mass is 32.2. The molecule has 1 atom stereocenters. The van der Waals surface area contributed by atoms with Crippen LogP contribution in [0.25, 0.3) is 0 Å². The van der Waals surface area contributed by atoms with Gasteiger partial charge in [0, 0.05) is 11.3 Å². The highest BCUT2D eigenvalue weighted by molar-refractivity contribution is 8.00. The number of hydrogen-bond acceptors (Lipinski definition) is 3. The zero-order valence-electron chi connectivity index (χ0n) is 12.7. The highest BCUT2D eigenvalue weighted by Crippen LogP contribution is 2.45. The summed E-state index contributed by atoms with van der Waals surface area (Å²) < 4.78 is 43.5. The molecule has 0 unspecified atom stereocenters. The Morgan fingerprint density at radius 1 is 1.12 bits per heavy atom. The number of anilines is 1. The zero-order chi connectivity index (χ0) is 17.3. The van der Waals surface area contributed by atoms with Gasteiger partial charge in [-0.1, -0.05) is 18.2 Å².